The van der Waals surface area contributed by atoms with Crippen LogP contribution in [0.15, 0.2) is 18.5 Å². The molecule has 4 heteroatoms. The van der Waals surface area contributed by atoms with Crippen molar-refractivity contribution in [3.05, 3.63) is 18.5 Å². The van der Waals surface area contributed by atoms with Crippen LogP contribution >= 0.6 is 0 Å². The molecule has 0 aliphatic rings. The summed E-state index contributed by atoms with van der Waals surface area (Å²) < 4.78 is 5.57. The van der Waals surface area contributed by atoms with Crippen molar-refractivity contribution in [3.63, 3.8) is 0 Å². The van der Waals surface area contributed by atoms with Crippen molar-refractivity contribution in [3.8, 4) is 0 Å². The molecule has 0 spiro atoms. The highest BCUT2D eigenvalue weighted by atomic mass is 16.5. The predicted octanol–water partition coefficient (Wildman–Crippen LogP) is 1.89. The van der Waals surface area contributed by atoms with E-state index in [0.29, 0.717) is 12.3 Å². The monoisotopic (exact) mass is 209 g/mol. The molecule has 1 rings (SSSR count). The summed E-state index contributed by atoms with van der Waals surface area (Å²) in [7, 11) is 0. The molecule has 0 radical (unpaired) electrons. The van der Waals surface area contributed by atoms with E-state index in [2.05, 4.69) is 10.3 Å². The van der Waals surface area contributed by atoms with Gasteiger partial charge in [-0.25, -0.2) is 0 Å². The summed E-state index contributed by atoms with van der Waals surface area (Å²) in [4.78, 5) is 4.00. The average Bonchev–Trinajstić information content (AvgIpc) is 2.15. The van der Waals surface area contributed by atoms with Gasteiger partial charge < -0.3 is 15.8 Å². The van der Waals surface area contributed by atoms with Crippen LogP contribution in [0.2, 0.25) is 0 Å². The molecule has 0 fully saturated rings. The minimum Gasteiger partial charge on any atom is -0.397 e. The van der Waals surface area contributed by atoms with Crippen LogP contribution in [0.25, 0.3) is 0 Å². The lowest BCUT2D eigenvalue weighted by Gasteiger charge is -2.25. The summed E-state index contributed by atoms with van der Waals surface area (Å²) in [5.74, 6) is 0. The van der Waals surface area contributed by atoms with Crippen molar-refractivity contribution < 1.29 is 4.74 Å². The predicted molar refractivity (Wildman–Crippen MR) is 62.8 cm³/mol. The Balaban J connectivity index is 2.49. The van der Waals surface area contributed by atoms with E-state index in [1.165, 1.54) is 0 Å². The normalized spacial score (nSPS) is 11.4. The third kappa shape index (κ3) is 4.16. The summed E-state index contributed by atoms with van der Waals surface area (Å²) in [6.45, 7) is 7.52. The molecule has 0 aromatic carbocycles. The highest BCUT2D eigenvalue weighted by Crippen LogP contribution is 2.13. The van der Waals surface area contributed by atoms with Crippen molar-refractivity contribution in [1.82, 2.24) is 4.98 Å². The van der Waals surface area contributed by atoms with Gasteiger partial charge in [-0.3, -0.25) is 4.98 Å². The fourth-order valence-electron chi connectivity index (χ4n) is 1.31. The molecule has 0 aliphatic carbocycles. The highest BCUT2D eigenvalue weighted by molar-refractivity contribution is 5.51. The van der Waals surface area contributed by atoms with Crippen LogP contribution in [0, 0.1) is 0 Å². The van der Waals surface area contributed by atoms with Gasteiger partial charge in [-0.2, -0.15) is 0 Å². The maximum absolute atomic E-state index is 5.62. The Morgan fingerprint density at radius 2 is 2.20 bits per heavy atom. The van der Waals surface area contributed by atoms with E-state index in [-0.39, 0.29) is 5.60 Å². The summed E-state index contributed by atoms with van der Waals surface area (Å²) in [5, 5.41) is 3.24. The second-order valence-electron chi connectivity index (χ2n) is 4.05. The third-order valence-electron chi connectivity index (χ3n) is 2.01. The molecule has 0 saturated carbocycles. The molecule has 84 valence electrons. The van der Waals surface area contributed by atoms with E-state index < -0.39 is 0 Å². The van der Waals surface area contributed by atoms with Gasteiger partial charge in [0.1, 0.15) is 0 Å². The second kappa shape index (κ2) is 4.98. The van der Waals surface area contributed by atoms with Gasteiger partial charge in [-0.15, -0.1) is 0 Å². The Labute approximate surface area is 90.8 Å². The quantitative estimate of drug-likeness (QED) is 0.777. The molecule has 15 heavy (non-hydrogen) atoms. The van der Waals surface area contributed by atoms with Gasteiger partial charge in [-0.1, -0.05) is 0 Å². The molecule has 3 N–H and O–H groups in total. The number of rotatable bonds is 5. The zero-order chi connectivity index (χ0) is 11.3. The van der Waals surface area contributed by atoms with Crippen molar-refractivity contribution in [2.45, 2.75) is 26.4 Å². The number of pyridine rings is 1. The van der Waals surface area contributed by atoms with Crippen LogP contribution in [-0.2, 0) is 4.74 Å². The van der Waals surface area contributed by atoms with Crippen LogP contribution in [0.1, 0.15) is 20.8 Å². The number of nitrogen functional groups attached to an aromatic ring is 1. The van der Waals surface area contributed by atoms with Crippen molar-refractivity contribution in [1.29, 1.82) is 0 Å². The Kier molecular flexibility index (Phi) is 3.91. The minimum atomic E-state index is -0.181. The van der Waals surface area contributed by atoms with Crippen LogP contribution in [-0.4, -0.2) is 23.7 Å². The SMILES string of the molecule is CCOC(C)(C)CNc1cncc(N)c1. The summed E-state index contributed by atoms with van der Waals surface area (Å²) >= 11 is 0. The van der Waals surface area contributed by atoms with Gasteiger partial charge in [0.15, 0.2) is 0 Å². The molecular weight excluding hydrogens is 190 g/mol. The molecule has 0 unspecified atom stereocenters. The number of hydrogen-bond acceptors (Lipinski definition) is 4. The van der Waals surface area contributed by atoms with Crippen LogP contribution in [0.3, 0.4) is 0 Å². The molecule has 0 bridgehead atoms. The number of ether oxygens (including phenoxy) is 1. The third-order valence-corrected chi connectivity index (χ3v) is 2.01. The Morgan fingerprint density at radius 1 is 1.47 bits per heavy atom. The number of nitrogens with zero attached hydrogens (tertiary/aromatic N) is 1. The summed E-state index contributed by atoms with van der Waals surface area (Å²) in [5.41, 5.74) is 7.02. The molecule has 0 amide bonds. The van der Waals surface area contributed by atoms with Crippen molar-refractivity contribution in [2.75, 3.05) is 24.2 Å². The number of aromatic nitrogens is 1. The van der Waals surface area contributed by atoms with Crippen LogP contribution in [0.4, 0.5) is 11.4 Å². The number of anilines is 2. The van der Waals surface area contributed by atoms with E-state index in [4.69, 9.17) is 10.5 Å². The van der Waals surface area contributed by atoms with Gasteiger partial charge in [-0.05, 0) is 26.8 Å². The largest absolute Gasteiger partial charge is 0.397 e. The van der Waals surface area contributed by atoms with E-state index in [1.54, 1.807) is 12.4 Å². The van der Waals surface area contributed by atoms with Gasteiger partial charge >= 0.3 is 0 Å². The zero-order valence-corrected chi connectivity index (χ0v) is 9.58. The Bertz CT molecular complexity index is 312. The first-order valence-corrected chi connectivity index (χ1v) is 5.12. The lowest BCUT2D eigenvalue weighted by molar-refractivity contribution is 0.000695. The number of nitrogens with two attached hydrogens (primary N) is 1. The van der Waals surface area contributed by atoms with Crippen molar-refractivity contribution in [2.24, 2.45) is 0 Å². The van der Waals surface area contributed by atoms with Crippen LogP contribution < -0.4 is 11.1 Å². The molecule has 0 atom stereocenters. The molecule has 4 nitrogen and oxygen atoms in total. The Hall–Kier alpha value is -1.29. The number of hydrogen-bond donors (Lipinski definition) is 2. The van der Waals surface area contributed by atoms with E-state index >= 15 is 0 Å². The number of nitrogens with one attached hydrogen (secondary N) is 1. The van der Waals surface area contributed by atoms with Gasteiger partial charge in [0, 0.05) is 19.3 Å². The fraction of sp³-hybridized carbons (Fsp3) is 0.545. The summed E-state index contributed by atoms with van der Waals surface area (Å²) in [6.07, 6.45) is 3.37. The molecule has 0 saturated heterocycles. The topological polar surface area (TPSA) is 60.2 Å². The first-order valence-electron chi connectivity index (χ1n) is 5.12. The maximum Gasteiger partial charge on any atom is 0.0797 e. The lowest BCUT2D eigenvalue weighted by Crippen LogP contribution is -2.33. The highest BCUT2D eigenvalue weighted by Gasteiger charge is 2.16. The summed E-state index contributed by atoms with van der Waals surface area (Å²) in [6, 6.07) is 1.86. The first-order chi connectivity index (χ1) is 7.03. The van der Waals surface area contributed by atoms with Crippen molar-refractivity contribution >= 4 is 11.4 Å². The molecule has 1 aromatic rings. The molecular formula is C11H19N3O. The average molecular weight is 209 g/mol. The van der Waals surface area contributed by atoms with Gasteiger partial charge in [0.2, 0.25) is 0 Å². The zero-order valence-electron chi connectivity index (χ0n) is 9.58. The molecule has 1 heterocycles. The van der Waals surface area contributed by atoms with E-state index in [1.807, 2.05) is 26.8 Å². The fourth-order valence-corrected chi connectivity index (χ4v) is 1.31. The smallest absolute Gasteiger partial charge is 0.0797 e. The van der Waals surface area contributed by atoms with Gasteiger partial charge in [0.05, 0.1) is 23.2 Å². The van der Waals surface area contributed by atoms with E-state index in [9.17, 15) is 0 Å². The molecule has 1 aromatic heterocycles. The lowest BCUT2D eigenvalue weighted by atomic mass is 10.1. The first kappa shape index (κ1) is 11.8. The maximum atomic E-state index is 5.62. The van der Waals surface area contributed by atoms with E-state index in [0.717, 1.165) is 12.2 Å². The second-order valence-corrected chi connectivity index (χ2v) is 4.05. The Morgan fingerprint density at radius 3 is 2.80 bits per heavy atom. The standard InChI is InChI=1S/C11H19N3O/c1-4-15-11(2,3)8-14-10-5-9(12)6-13-7-10/h5-7,14H,4,8,12H2,1-3H3. The molecule has 0 aliphatic heterocycles. The van der Waals surface area contributed by atoms with Gasteiger partial charge in [0.25, 0.3) is 0 Å². The minimum absolute atomic E-state index is 0.181. The van der Waals surface area contributed by atoms with Crippen LogP contribution in [0.5, 0.6) is 0 Å².